The van der Waals surface area contributed by atoms with Crippen molar-refractivity contribution in [3.05, 3.63) is 87.6 Å². The van der Waals surface area contributed by atoms with E-state index in [0.717, 1.165) is 29.8 Å². The first kappa shape index (κ1) is 16.9. The number of carbonyl (C=O) groups excluding carboxylic acids is 1. The van der Waals surface area contributed by atoms with E-state index in [9.17, 15) is 4.79 Å². The van der Waals surface area contributed by atoms with Gasteiger partial charge in [-0.2, -0.15) is 0 Å². The van der Waals surface area contributed by atoms with Gasteiger partial charge >= 0.3 is 0 Å². The molecular formula is C22H21NO2S. The van der Waals surface area contributed by atoms with E-state index in [1.807, 2.05) is 54.3 Å². The summed E-state index contributed by atoms with van der Waals surface area (Å²) < 4.78 is 5.82. The predicted molar refractivity (Wildman–Crippen MR) is 105 cm³/mol. The molecule has 0 N–H and O–H groups in total. The Hall–Kier alpha value is -2.59. The standard InChI is InChI=1S/C22H21NO2S/c1-16-7-5-6-10-19(16)25-15-21(24)23-13-11-20-18(12-14-26-20)22(23)17-8-3-2-4-9-17/h2-10,12,14,22H,11,13,15H2,1H3/t22-/m0/s1. The highest BCUT2D eigenvalue weighted by Crippen LogP contribution is 2.37. The van der Waals surface area contributed by atoms with E-state index in [1.165, 1.54) is 10.4 Å². The summed E-state index contributed by atoms with van der Waals surface area (Å²) in [6, 6.07) is 20.2. The molecule has 0 radical (unpaired) electrons. The fraction of sp³-hybridized carbons (Fsp3) is 0.227. The highest BCUT2D eigenvalue weighted by Gasteiger charge is 2.32. The lowest BCUT2D eigenvalue weighted by molar-refractivity contribution is -0.135. The van der Waals surface area contributed by atoms with Gasteiger partial charge in [0, 0.05) is 11.4 Å². The van der Waals surface area contributed by atoms with E-state index in [4.69, 9.17) is 4.74 Å². The average molecular weight is 363 g/mol. The van der Waals surface area contributed by atoms with Gasteiger partial charge in [-0.1, -0.05) is 48.5 Å². The molecule has 1 aromatic heterocycles. The summed E-state index contributed by atoms with van der Waals surface area (Å²) in [5.41, 5.74) is 3.44. The number of fused-ring (bicyclic) bond motifs is 1. The largest absolute Gasteiger partial charge is 0.484 e. The number of aryl methyl sites for hydroxylation is 1. The molecule has 0 fully saturated rings. The second kappa shape index (κ2) is 7.34. The number of carbonyl (C=O) groups is 1. The van der Waals surface area contributed by atoms with Gasteiger partial charge in [0.25, 0.3) is 5.91 Å². The van der Waals surface area contributed by atoms with Crippen molar-refractivity contribution in [2.24, 2.45) is 0 Å². The molecule has 0 unspecified atom stereocenters. The summed E-state index contributed by atoms with van der Waals surface area (Å²) in [5, 5.41) is 2.12. The number of hydrogen-bond acceptors (Lipinski definition) is 3. The van der Waals surface area contributed by atoms with Crippen LogP contribution in [-0.4, -0.2) is 24.0 Å². The van der Waals surface area contributed by atoms with Gasteiger partial charge < -0.3 is 9.64 Å². The van der Waals surface area contributed by atoms with Gasteiger partial charge in [-0.25, -0.2) is 0 Å². The van der Waals surface area contributed by atoms with Gasteiger partial charge in [-0.15, -0.1) is 11.3 Å². The number of rotatable bonds is 4. The van der Waals surface area contributed by atoms with Crippen LogP contribution >= 0.6 is 11.3 Å². The van der Waals surface area contributed by atoms with Crippen LogP contribution in [0.25, 0.3) is 0 Å². The van der Waals surface area contributed by atoms with E-state index in [0.29, 0.717) is 0 Å². The van der Waals surface area contributed by atoms with Crippen LogP contribution < -0.4 is 4.74 Å². The molecule has 1 aliphatic rings. The first-order valence-electron chi connectivity index (χ1n) is 8.83. The minimum absolute atomic E-state index is 0.0268. The van der Waals surface area contributed by atoms with E-state index in [1.54, 1.807) is 11.3 Å². The van der Waals surface area contributed by atoms with Gasteiger partial charge in [-0.05, 0) is 47.5 Å². The molecule has 26 heavy (non-hydrogen) atoms. The average Bonchev–Trinajstić information content (AvgIpc) is 3.16. The third-order valence-corrected chi connectivity index (χ3v) is 5.84. The molecule has 2 heterocycles. The highest BCUT2D eigenvalue weighted by atomic mass is 32.1. The lowest BCUT2D eigenvalue weighted by Gasteiger charge is -2.36. The van der Waals surface area contributed by atoms with Gasteiger partial charge in [0.1, 0.15) is 5.75 Å². The van der Waals surface area contributed by atoms with Crippen molar-refractivity contribution in [1.82, 2.24) is 4.90 Å². The van der Waals surface area contributed by atoms with Crippen molar-refractivity contribution >= 4 is 17.2 Å². The highest BCUT2D eigenvalue weighted by molar-refractivity contribution is 7.10. The molecule has 2 aromatic carbocycles. The molecule has 0 saturated carbocycles. The van der Waals surface area contributed by atoms with Crippen molar-refractivity contribution in [3.63, 3.8) is 0 Å². The number of amides is 1. The number of para-hydroxylation sites is 1. The normalized spacial score (nSPS) is 16.2. The monoisotopic (exact) mass is 363 g/mol. The zero-order valence-corrected chi connectivity index (χ0v) is 15.5. The third kappa shape index (κ3) is 3.25. The van der Waals surface area contributed by atoms with Crippen LogP contribution in [0, 0.1) is 6.92 Å². The summed E-state index contributed by atoms with van der Waals surface area (Å²) in [6.45, 7) is 2.78. The van der Waals surface area contributed by atoms with Crippen LogP contribution in [0.1, 0.15) is 27.6 Å². The Balaban J connectivity index is 1.58. The fourth-order valence-electron chi connectivity index (χ4n) is 3.52. The Morgan fingerprint density at radius 1 is 1.12 bits per heavy atom. The molecule has 0 bridgehead atoms. The number of hydrogen-bond donors (Lipinski definition) is 0. The Bertz CT molecular complexity index is 903. The van der Waals surface area contributed by atoms with Crippen LogP contribution in [0.2, 0.25) is 0 Å². The number of thiophene rings is 1. The zero-order valence-electron chi connectivity index (χ0n) is 14.7. The number of nitrogens with zero attached hydrogens (tertiary/aromatic N) is 1. The molecule has 4 rings (SSSR count). The third-order valence-electron chi connectivity index (χ3n) is 4.85. The van der Waals surface area contributed by atoms with Crippen LogP contribution in [0.5, 0.6) is 5.75 Å². The number of benzene rings is 2. The molecule has 3 aromatic rings. The molecule has 1 atom stereocenters. The van der Waals surface area contributed by atoms with Crippen molar-refractivity contribution in [1.29, 1.82) is 0 Å². The van der Waals surface area contributed by atoms with Crippen LogP contribution in [-0.2, 0) is 11.2 Å². The van der Waals surface area contributed by atoms with Crippen molar-refractivity contribution in [2.75, 3.05) is 13.2 Å². The lowest BCUT2D eigenvalue weighted by atomic mass is 9.93. The molecule has 1 amide bonds. The second-order valence-electron chi connectivity index (χ2n) is 6.50. The van der Waals surface area contributed by atoms with Crippen LogP contribution in [0.15, 0.2) is 66.0 Å². The first-order chi connectivity index (χ1) is 12.7. The van der Waals surface area contributed by atoms with Crippen molar-refractivity contribution < 1.29 is 9.53 Å². The molecule has 4 heteroatoms. The fourth-order valence-corrected chi connectivity index (χ4v) is 4.42. The Morgan fingerprint density at radius 2 is 1.88 bits per heavy atom. The Morgan fingerprint density at radius 3 is 2.69 bits per heavy atom. The quantitative estimate of drug-likeness (QED) is 0.677. The smallest absolute Gasteiger partial charge is 0.261 e. The van der Waals surface area contributed by atoms with E-state index in [-0.39, 0.29) is 18.6 Å². The summed E-state index contributed by atoms with van der Waals surface area (Å²) in [7, 11) is 0. The van der Waals surface area contributed by atoms with Gasteiger partial charge in [0.05, 0.1) is 6.04 Å². The SMILES string of the molecule is Cc1ccccc1OCC(=O)N1CCc2sccc2[C@@H]1c1ccccc1. The molecule has 0 saturated heterocycles. The molecule has 1 aliphatic heterocycles. The lowest BCUT2D eigenvalue weighted by Crippen LogP contribution is -2.42. The molecule has 132 valence electrons. The first-order valence-corrected chi connectivity index (χ1v) is 9.71. The summed E-state index contributed by atoms with van der Waals surface area (Å²) >= 11 is 1.78. The van der Waals surface area contributed by atoms with Crippen molar-refractivity contribution in [2.45, 2.75) is 19.4 Å². The maximum absolute atomic E-state index is 13.0. The topological polar surface area (TPSA) is 29.5 Å². The van der Waals surface area contributed by atoms with Crippen molar-refractivity contribution in [3.8, 4) is 5.75 Å². The van der Waals surface area contributed by atoms with Crippen LogP contribution in [0.4, 0.5) is 0 Å². The Kier molecular flexibility index (Phi) is 4.76. The summed E-state index contributed by atoms with van der Waals surface area (Å²) in [4.78, 5) is 16.3. The maximum atomic E-state index is 13.0. The summed E-state index contributed by atoms with van der Waals surface area (Å²) in [5.74, 6) is 0.796. The molecule has 0 aliphatic carbocycles. The molecule has 3 nitrogen and oxygen atoms in total. The Labute approximate surface area is 157 Å². The number of ether oxygens (including phenoxy) is 1. The zero-order chi connectivity index (χ0) is 17.9. The predicted octanol–water partition coefficient (Wildman–Crippen LogP) is 4.61. The molecule has 0 spiro atoms. The second-order valence-corrected chi connectivity index (χ2v) is 7.50. The van der Waals surface area contributed by atoms with E-state index in [2.05, 4.69) is 23.6 Å². The van der Waals surface area contributed by atoms with E-state index < -0.39 is 0 Å². The van der Waals surface area contributed by atoms with Crippen LogP contribution in [0.3, 0.4) is 0 Å². The van der Waals surface area contributed by atoms with Gasteiger partial charge in [0.15, 0.2) is 6.61 Å². The van der Waals surface area contributed by atoms with Gasteiger partial charge in [0.2, 0.25) is 0 Å². The molecular weight excluding hydrogens is 342 g/mol. The minimum Gasteiger partial charge on any atom is -0.484 e. The van der Waals surface area contributed by atoms with E-state index >= 15 is 0 Å². The summed E-state index contributed by atoms with van der Waals surface area (Å²) in [6.07, 6.45) is 0.909. The van der Waals surface area contributed by atoms with Gasteiger partial charge in [-0.3, -0.25) is 4.79 Å². The maximum Gasteiger partial charge on any atom is 0.261 e. The minimum atomic E-state index is -0.0285.